The number of nitrogens with one attached hydrogen (secondary N) is 1. The van der Waals surface area contributed by atoms with Gasteiger partial charge in [0.1, 0.15) is 11.5 Å². The Bertz CT molecular complexity index is 1490. The molecule has 0 radical (unpaired) electrons. The SMILES string of the molecule is Cc1cccc(-c2nn3c(c2-c2ccnc(Nc4ccc(S(N)(=O)=O)cc4)c2)CC(C)(C)C3)n1. The number of nitrogens with zero attached hydrogens (tertiary/aromatic N) is 4. The lowest BCUT2D eigenvalue weighted by molar-refractivity contribution is 0.347. The highest BCUT2D eigenvalue weighted by Crippen LogP contribution is 2.42. The van der Waals surface area contributed by atoms with Gasteiger partial charge in [0.25, 0.3) is 0 Å². The van der Waals surface area contributed by atoms with Crippen LogP contribution in [0.1, 0.15) is 25.2 Å². The molecule has 0 saturated carbocycles. The van der Waals surface area contributed by atoms with Gasteiger partial charge in [-0.3, -0.25) is 9.67 Å². The summed E-state index contributed by atoms with van der Waals surface area (Å²) in [6.07, 6.45) is 2.68. The predicted molar refractivity (Wildman–Crippen MR) is 132 cm³/mol. The van der Waals surface area contributed by atoms with Crippen LogP contribution in [-0.2, 0) is 23.0 Å². The minimum atomic E-state index is -3.74. The lowest BCUT2D eigenvalue weighted by Crippen LogP contribution is -2.13. The summed E-state index contributed by atoms with van der Waals surface area (Å²) in [7, 11) is -3.74. The maximum atomic E-state index is 11.5. The van der Waals surface area contributed by atoms with E-state index in [1.165, 1.54) is 17.8 Å². The van der Waals surface area contributed by atoms with E-state index < -0.39 is 10.0 Å². The van der Waals surface area contributed by atoms with Crippen LogP contribution in [0.4, 0.5) is 11.5 Å². The summed E-state index contributed by atoms with van der Waals surface area (Å²) < 4.78 is 25.1. The Morgan fingerprint density at radius 2 is 1.85 bits per heavy atom. The highest BCUT2D eigenvalue weighted by atomic mass is 32.2. The largest absolute Gasteiger partial charge is 0.340 e. The number of nitrogens with two attached hydrogens (primary N) is 1. The van der Waals surface area contributed by atoms with E-state index >= 15 is 0 Å². The number of hydrogen-bond donors (Lipinski definition) is 2. The van der Waals surface area contributed by atoms with Crippen LogP contribution < -0.4 is 10.5 Å². The van der Waals surface area contributed by atoms with Crippen molar-refractivity contribution in [2.45, 2.75) is 38.6 Å². The van der Waals surface area contributed by atoms with Crippen LogP contribution in [0.25, 0.3) is 22.5 Å². The zero-order valence-electron chi connectivity index (χ0n) is 19.3. The molecule has 5 rings (SSSR count). The fourth-order valence-electron chi connectivity index (χ4n) is 4.41. The first-order valence-corrected chi connectivity index (χ1v) is 12.5. The molecular weight excluding hydrogens is 448 g/mol. The van der Waals surface area contributed by atoms with Crippen molar-refractivity contribution >= 4 is 21.5 Å². The van der Waals surface area contributed by atoms with Crippen LogP contribution in [0.3, 0.4) is 0 Å². The molecule has 0 bridgehead atoms. The third-order valence-corrected chi connectivity index (χ3v) is 6.85. The zero-order valence-corrected chi connectivity index (χ0v) is 20.1. The van der Waals surface area contributed by atoms with E-state index in [0.29, 0.717) is 11.5 Å². The topological polar surface area (TPSA) is 116 Å². The van der Waals surface area contributed by atoms with E-state index in [1.807, 2.05) is 37.3 Å². The van der Waals surface area contributed by atoms with Crippen molar-refractivity contribution in [1.29, 1.82) is 0 Å². The van der Waals surface area contributed by atoms with Gasteiger partial charge in [0, 0.05) is 35.4 Å². The van der Waals surface area contributed by atoms with Crippen molar-refractivity contribution in [2.75, 3.05) is 5.32 Å². The summed E-state index contributed by atoms with van der Waals surface area (Å²) in [4.78, 5) is 9.25. The van der Waals surface area contributed by atoms with Crippen LogP contribution in [0.2, 0.25) is 0 Å². The summed E-state index contributed by atoms with van der Waals surface area (Å²) >= 11 is 0. The van der Waals surface area contributed by atoms with Crippen LogP contribution in [0.5, 0.6) is 0 Å². The maximum Gasteiger partial charge on any atom is 0.238 e. The first kappa shape index (κ1) is 22.2. The second kappa shape index (κ2) is 8.03. The number of fused-ring (bicyclic) bond motifs is 1. The molecule has 0 fully saturated rings. The average molecular weight is 475 g/mol. The first-order chi connectivity index (χ1) is 16.1. The Hall–Kier alpha value is -3.56. The first-order valence-electron chi connectivity index (χ1n) is 11.0. The smallest absolute Gasteiger partial charge is 0.238 e. The second-order valence-corrected chi connectivity index (χ2v) is 11.0. The standard InChI is InChI=1S/C25H26N6O2S/c1-16-5-4-6-20(28-16)24-23(21-14-25(2,3)15-31(21)30-24)17-11-12-27-22(13-17)29-18-7-9-19(10-8-18)34(26,32)33/h4-13H,14-15H2,1-3H3,(H,27,29)(H2,26,32,33). The lowest BCUT2D eigenvalue weighted by Gasteiger charge is -2.16. The van der Waals surface area contributed by atoms with Gasteiger partial charge in [-0.1, -0.05) is 19.9 Å². The van der Waals surface area contributed by atoms with E-state index in [9.17, 15) is 8.42 Å². The minimum Gasteiger partial charge on any atom is -0.340 e. The number of aryl methyl sites for hydroxylation is 1. The summed E-state index contributed by atoms with van der Waals surface area (Å²) in [5, 5.41) is 13.4. The van der Waals surface area contributed by atoms with Gasteiger partial charge in [0.05, 0.1) is 10.6 Å². The molecule has 1 aliphatic heterocycles. The quantitative estimate of drug-likeness (QED) is 0.446. The van der Waals surface area contributed by atoms with Gasteiger partial charge in [-0.15, -0.1) is 0 Å². The van der Waals surface area contributed by atoms with Gasteiger partial charge in [0.2, 0.25) is 10.0 Å². The Kier molecular flexibility index (Phi) is 5.26. The van der Waals surface area contributed by atoms with Gasteiger partial charge < -0.3 is 5.32 Å². The van der Waals surface area contributed by atoms with Crippen molar-refractivity contribution in [2.24, 2.45) is 10.6 Å². The molecule has 8 nitrogen and oxygen atoms in total. The monoisotopic (exact) mass is 474 g/mol. The van der Waals surface area contributed by atoms with Crippen molar-refractivity contribution in [3.05, 3.63) is 72.2 Å². The van der Waals surface area contributed by atoms with Gasteiger partial charge in [-0.25, -0.2) is 18.5 Å². The molecule has 3 N–H and O–H groups in total. The molecule has 0 atom stereocenters. The summed E-state index contributed by atoms with van der Waals surface area (Å²) in [5.41, 5.74) is 6.75. The van der Waals surface area contributed by atoms with Crippen LogP contribution >= 0.6 is 0 Å². The number of anilines is 2. The van der Waals surface area contributed by atoms with Crippen LogP contribution in [0.15, 0.2) is 65.7 Å². The van der Waals surface area contributed by atoms with Crippen molar-refractivity contribution in [3.8, 4) is 22.5 Å². The predicted octanol–water partition coefficient (Wildman–Crippen LogP) is 4.29. The molecule has 0 amide bonds. The highest BCUT2D eigenvalue weighted by Gasteiger charge is 2.34. The molecule has 4 aromatic rings. The van der Waals surface area contributed by atoms with E-state index in [4.69, 9.17) is 15.2 Å². The van der Waals surface area contributed by atoms with Gasteiger partial charge >= 0.3 is 0 Å². The number of primary sulfonamides is 1. The number of aromatic nitrogens is 4. The maximum absolute atomic E-state index is 11.5. The van der Waals surface area contributed by atoms with Crippen molar-refractivity contribution in [1.82, 2.24) is 19.7 Å². The minimum absolute atomic E-state index is 0.0631. The summed E-state index contributed by atoms with van der Waals surface area (Å²) in [6, 6.07) is 16.2. The number of benzene rings is 1. The molecule has 4 heterocycles. The van der Waals surface area contributed by atoms with Crippen LogP contribution in [0, 0.1) is 12.3 Å². The molecular formula is C25H26N6O2S. The summed E-state index contributed by atoms with van der Waals surface area (Å²) in [6.45, 7) is 7.33. The Morgan fingerprint density at radius 1 is 1.09 bits per heavy atom. The van der Waals surface area contributed by atoms with Crippen molar-refractivity contribution < 1.29 is 8.42 Å². The number of hydrogen-bond acceptors (Lipinski definition) is 6. The molecule has 1 aliphatic rings. The second-order valence-electron chi connectivity index (χ2n) is 9.46. The average Bonchev–Trinajstić information content (AvgIpc) is 3.25. The Balaban J connectivity index is 1.55. The molecule has 9 heteroatoms. The molecule has 174 valence electrons. The van der Waals surface area contributed by atoms with Gasteiger partial charge in [-0.05, 0) is 72.9 Å². The van der Waals surface area contributed by atoms with Gasteiger partial charge in [-0.2, -0.15) is 5.10 Å². The fourth-order valence-corrected chi connectivity index (χ4v) is 4.93. The zero-order chi connectivity index (χ0) is 24.1. The normalized spacial score (nSPS) is 14.7. The third kappa shape index (κ3) is 4.32. The van der Waals surface area contributed by atoms with E-state index in [1.54, 1.807) is 18.3 Å². The molecule has 0 spiro atoms. The number of rotatable bonds is 5. The molecule has 3 aromatic heterocycles. The molecule has 1 aromatic carbocycles. The number of pyridine rings is 2. The third-order valence-electron chi connectivity index (χ3n) is 5.92. The molecule has 0 aliphatic carbocycles. The number of sulfonamides is 1. The molecule has 0 unspecified atom stereocenters. The molecule has 0 saturated heterocycles. The van der Waals surface area contributed by atoms with E-state index in [0.717, 1.165) is 41.2 Å². The molecule has 34 heavy (non-hydrogen) atoms. The van der Waals surface area contributed by atoms with E-state index in [2.05, 4.69) is 28.8 Å². The summed E-state index contributed by atoms with van der Waals surface area (Å²) in [5.74, 6) is 0.640. The Labute approximate surface area is 198 Å². The Morgan fingerprint density at radius 3 is 2.56 bits per heavy atom. The van der Waals surface area contributed by atoms with E-state index in [-0.39, 0.29) is 10.3 Å². The van der Waals surface area contributed by atoms with Crippen molar-refractivity contribution in [3.63, 3.8) is 0 Å². The highest BCUT2D eigenvalue weighted by molar-refractivity contribution is 7.89. The van der Waals surface area contributed by atoms with Gasteiger partial charge in [0.15, 0.2) is 0 Å². The fraction of sp³-hybridized carbons (Fsp3) is 0.240. The van der Waals surface area contributed by atoms with Crippen LogP contribution in [-0.4, -0.2) is 28.2 Å². The lowest BCUT2D eigenvalue weighted by atomic mass is 9.88.